The van der Waals surface area contributed by atoms with Crippen molar-refractivity contribution in [2.24, 2.45) is 0 Å². The molecule has 73 heavy (non-hydrogen) atoms. The topological polar surface area (TPSA) is 18.5 Å². The standard InChI is InChI=1S/C70H79BO2/c1-38(2)47-27-28-50-61-53(35-51(39(3)4)64(50)71-72-69(17,18)70(19,20)73-71)52-36-55-56(37-54(52)60(47)61)59(42-31-45(67(11,12)13)34-46(32-42)68(14,15)16)63-49-26-22-24-40-23-21-25-48(57(40)49)62(63)58(55)41-29-43(65(5,6)7)33-44(30-41)66(8,9)10/h21-39H,1-20H3. The van der Waals surface area contributed by atoms with Gasteiger partial charge in [0.2, 0.25) is 0 Å². The molecule has 3 heteroatoms. The summed E-state index contributed by atoms with van der Waals surface area (Å²) >= 11 is 0. The van der Waals surface area contributed by atoms with Crippen LogP contribution in [0.25, 0.3) is 97.7 Å². The molecule has 0 aliphatic carbocycles. The van der Waals surface area contributed by atoms with Gasteiger partial charge in [0.15, 0.2) is 0 Å². The second-order valence-corrected chi connectivity index (χ2v) is 28.0. The number of hydrogen-bond donors (Lipinski definition) is 0. The summed E-state index contributed by atoms with van der Waals surface area (Å²) in [6.07, 6.45) is 0. The molecule has 0 aromatic heterocycles. The molecule has 11 rings (SSSR count). The smallest absolute Gasteiger partial charge is 0.399 e. The van der Waals surface area contributed by atoms with E-state index >= 15 is 0 Å². The number of fused-ring (bicyclic) bond motifs is 7. The van der Waals surface area contributed by atoms with Crippen LogP contribution in [0.2, 0.25) is 0 Å². The van der Waals surface area contributed by atoms with Crippen LogP contribution in [-0.2, 0) is 31.0 Å². The van der Waals surface area contributed by atoms with Crippen LogP contribution in [0.5, 0.6) is 0 Å². The maximum Gasteiger partial charge on any atom is 0.495 e. The van der Waals surface area contributed by atoms with Crippen molar-refractivity contribution in [2.75, 3.05) is 0 Å². The number of benzene rings is 8. The highest BCUT2D eigenvalue weighted by atomic mass is 16.7. The van der Waals surface area contributed by atoms with E-state index in [9.17, 15) is 0 Å². The first-order valence-corrected chi connectivity index (χ1v) is 27.4. The zero-order chi connectivity index (χ0) is 52.6. The maximum absolute atomic E-state index is 7.01. The Morgan fingerprint density at radius 3 is 1.19 bits per heavy atom. The molecule has 0 atom stereocenters. The van der Waals surface area contributed by atoms with Crippen molar-refractivity contribution in [3.05, 3.63) is 137 Å². The lowest BCUT2D eigenvalue weighted by molar-refractivity contribution is 0.00578. The van der Waals surface area contributed by atoms with Gasteiger partial charge in [-0.3, -0.25) is 0 Å². The molecule has 0 spiro atoms. The van der Waals surface area contributed by atoms with Gasteiger partial charge >= 0.3 is 7.12 Å². The number of hydrogen-bond acceptors (Lipinski definition) is 2. The van der Waals surface area contributed by atoms with Crippen molar-refractivity contribution in [3.8, 4) is 22.3 Å². The first-order chi connectivity index (χ1) is 33.9. The first-order valence-electron chi connectivity index (χ1n) is 27.4. The predicted octanol–water partition coefficient (Wildman–Crippen LogP) is 19.7. The van der Waals surface area contributed by atoms with E-state index in [0.717, 1.165) is 0 Å². The average Bonchev–Trinajstić information content (AvgIpc) is 3.87. The molecule has 0 bridgehead atoms. The minimum Gasteiger partial charge on any atom is -0.399 e. The molecule has 2 nitrogen and oxygen atoms in total. The highest BCUT2D eigenvalue weighted by Gasteiger charge is 2.53. The lowest BCUT2D eigenvalue weighted by atomic mass is 9.70. The monoisotopic (exact) mass is 963 g/mol. The Hall–Kier alpha value is -5.48. The second-order valence-electron chi connectivity index (χ2n) is 28.0. The van der Waals surface area contributed by atoms with Gasteiger partial charge < -0.3 is 9.31 Å². The van der Waals surface area contributed by atoms with E-state index < -0.39 is 18.3 Å². The summed E-state index contributed by atoms with van der Waals surface area (Å²) in [7, 11) is -0.486. The minimum absolute atomic E-state index is 0.0669. The summed E-state index contributed by atoms with van der Waals surface area (Å²) < 4.78 is 14.0. The third-order valence-corrected chi connectivity index (χ3v) is 17.5. The second kappa shape index (κ2) is 16.0. The van der Waals surface area contributed by atoms with Crippen LogP contribution >= 0.6 is 0 Å². The molecule has 374 valence electrons. The highest BCUT2D eigenvalue weighted by Crippen LogP contribution is 2.55. The quantitative estimate of drug-likeness (QED) is 0.160. The van der Waals surface area contributed by atoms with E-state index in [1.54, 1.807) is 0 Å². The van der Waals surface area contributed by atoms with Gasteiger partial charge in [-0.2, -0.15) is 0 Å². The zero-order valence-electron chi connectivity index (χ0n) is 47.9. The van der Waals surface area contributed by atoms with Crippen LogP contribution in [0.1, 0.15) is 184 Å². The van der Waals surface area contributed by atoms with Crippen LogP contribution < -0.4 is 5.46 Å². The minimum atomic E-state index is -0.486. The molecule has 10 aromatic carbocycles. The van der Waals surface area contributed by atoms with Crippen LogP contribution in [0.15, 0.2) is 103 Å². The molecule has 1 fully saturated rings. The average molecular weight is 963 g/mol. The Bertz CT molecular complexity index is 3800. The van der Waals surface area contributed by atoms with Gasteiger partial charge in [0.05, 0.1) is 11.2 Å². The summed E-state index contributed by atoms with van der Waals surface area (Å²) in [5.74, 6) is 0.537. The predicted molar refractivity (Wildman–Crippen MR) is 321 cm³/mol. The van der Waals surface area contributed by atoms with Crippen molar-refractivity contribution >= 4 is 88.0 Å². The molecule has 10 aromatic rings. The van der Waals surface area contributed by atoms with E-state index in [4.69, 9.17) is 9.31 Å². The highest BCUT2D eigenvalue weighted by molar-refractivity contribution is 6.66. The molecular weight excluding hydrogens is 884 g/mol. The van der Waals surface area contributed by atoms with Crippen LogP contribution in [-0.4, -0.2) is 18.3 Å². The van der Waals surface area contributed by atoms with Crippen molar-refractivity contribution < 1.29 is 9.31 Å². The van der Waals surface area contributed by atoms with Gasteiger partial charge in [0.25, 0.3) is 0 Å². The van der Waals surface area contributed by atoms with Gasteiger partial charge in [-0.15, -0.1) is 0 Å². The van der Waals surface area contributed by atoms with Gasteiger partial charge in [-0.05, 0) is 210 Å². The van der Waals surface area contributed by atoms with Crippen molar-refractivity contribution in [1.82, 2.24) is 0 Å². The fourth-order valence-corrected chi connectivity index (χ4v) is 12.4. The van der Waals surface area contributed by atoms with Crippen molar-refractivity contribution in [1.29, 1.82) is 0 Å². The molecule has 1 saturated heterocycles. The molecule has 1 heterocycles. The summed E-state index contributed by atoms with van der Waals surface area (Å²) in [5.41, 5.74) is 13.3. The number of rotatable bonds is 5. The van der Waals surface area contributed by atoms with E-state index in [1.165, 1.54) is 137 Å². The van der Waals surface area contributed by atoms with Crippen LogP contribution in [0, 0.1) is 0 Å². The summed E-state index contributed by atoms with van der Waals surface area (Å²) in [6, 6.07) is 41.8. The lowest BCUT2D eigenvalue weighted by Crippen LogP contribution is -2.41. The van der Waals surface area contributed by atoms with Gasteiger partial charge in [0.1, 0.15) is 0 Å². The molecular formula is C70H79BO2. The summed E-state index contributed by atoms with van der Waals surface area (Å²) in [5, 5.41) is 18.5. The Morgan fingerprint density at radius 1 is 0.370 bits per heavy atom. The molecule has 0 radical (unpaired) electrons. The molecule has 1 aliphatic rings. The molecule has 0 N–H and O–H groups in total. The summed E-state index contributed by atoms with van der Waals surface area (Å²) in [6.45, 7) is 46.6. The zero-order valence-corrected chi connectivity index (χ0v) is 47.9. The van der Waals surface area contributed by atoms with E-state index in [2.05, 4.69) is 242 Å². The van der Waals surface area contributed by atoms with Crippen molar-refractivity contribution in [3.63, 3.8) is 0 Å². The fraction of sp³-hybridized carbons (Fsp3) is 0.400. The van der Waals surface area contributed by atoms with E-state index in [1.807, 2.05) is 0 Å². The van der Waals surface area contributed by atoms with E-state index in [-0.39, 0.29) is 27.6 Å². The van der Waals surface area contributed by atoms with Gasteiger partial charge in [-0.25, -0.2) is 0 Å². The molecule has 1 aliphatic heterocycles. The van der Waals surface area contributed by atoms with Crippen LogP contribution in [0.4, 0.5) is 0 Å². The van der Waals surface area contributed by atoms with Crippen molar-refractivity contribution in [2.45, 2.75) is 183 Å². The van der Waals surface area contributed by atoms with Gasteiger partial charge in [0, 0.05) is 0 Å². The Kier molecular flexibility index (Phi) is 10.9. The van der Waals surface area contributed by atoms with Crippen LogP contribution in [0.3, 0.4) is 0 Å². The summed E-state index contributed by atoms with van der Waals surface area (Å²) in [4.78, 5) is 0. The SMILES string of the molecule is CC(C)c1cc2c3cc4c(-c5cc(C(C)(C)C)cc(C(C)(C)C)c5)c5c6cccc7cccc(c5c(-c5cc(C(C)(C)C)cc(C(C)(C)C)c5)c4cc3c3c(C(C)C)ccc(c1B1OC(C)(C)C(C)(C)O1)c23)c76. The maximum atomic E-state index is 7.01. The van der Waals surface area contributed by atoms with Gasteiger partial charge in [-0.1, -0.05) is 202 Å². The third-order valence-electron chi connectivity index (χ3n) is 17.5. The Labute approximate surface area is 437 Å². The fourth-order valence-electron chi connectivity index (χ4n) is 12.4. The molecule has 0 saturated carbocycles. The molecule has 0 unspecified atom stereocenters. The largest absolute Gasteiger partial charge is 0.495 e. The Balaban J connectivity index is 1.44. The third kappa shape index (κ3) is 7.63. The molecule has 0 amide bonds. The normalized spacial score (nSPS) is 16.0. The first kappa shape index (κ1) is 49.7. The van der Waals surface area contributed by atoms with E-state index in [0.29, 0.717) is 5.92 Å². The lowest BCUT2D eigenvalue weighted by Gasteiger charge is -2.32. The Morgan fingerprint density at radius 2 is 0.781 bits per heavy atom.